The minimum Gasteiger partial charge on any atom is -0.370 e. The van der Waals surface area contributed by atoms with Gasteiger partial charge in [-0.3, -0.25) is 0 Å². The first kappa shape index (κ1) is 18.5. The molecule has 3 nitrogen and oxygen atoms in total. The van der Waals surface area contributed by atoms with E-state index in [4.69, 9.17) is 0 Å². The van der Waals surface area contributed by atoms with Crippen LogP contribution < -0.4 is 10.2 Å². The zero-order valence-corrected chi connectivity index (χ0v) is 15.7. The van der Waals surface area contributed by atoms with E-state index in [9.17, 15) is 0 Å². The molecule has 1 aromatic rings. The quantitative estimate of drug-likeness (QED) is 0.724. The van der Waals surface area contributed by atoms with Gasteiger partial charge in [-0.25, -0.2) is 0 Å². The van der Waals surface area contributed by atoms with E-state index in [1.807, 2.05) is 0 Å². The summed E-state index contributed by atoms with van der Waals surface area (Å²) in [5, 5.41) is 3.53. The standard InChI is InChI=1S/C17H30BrN3/c1-6-10-21(12-11-20(4)5)17-13-15(18)8-9-16(17)14(3)19-7-2/h8-9,13-14,19H,6-7,10-12H2,1-5H3. The van der Waals surface area contributed by atoms with Gasteiger partial charge in [0.15, 0.2) is 0 Å². The topological polar surface area (TPSA) is 18.5 Å². The highest BCUT2D eigenvalue weighted by atomic mass is 79.9. The average Bonchev–Trinajstić information content (AvgIpc) is 2.43. The van der Waals surface area contributed by atoms with Gasteiger partial charge < -0.3 is 15.1 Å². The maximum Gasteiger partial charge on any atom is 0.0426 e. The van der Waals surface area contributed by atoms with Gasteiger partial charge in [0.2, 0.25) is 0 Å². The minimum absolute atomic E-state index is 0.372. The SMILES string of the molecule is CCCN(CCN(C)C)c1cc(Br)ccc1C(C)NCC. The molecule has 0 saturated carbocycles. The predicted octanol–water partition coefficient (Wildman–Crippen LogP) is 3.90. The third kappa shape index (κ3) is 5.97. The van der Waals surface area contributed by atoms with Crippen molar-refractivity contribution in [2.75, 3.05) is 45.2 Å². The highest BCUT2D eigenvalue weighted by Crippen LogP contribution is 2.30. The van der Waals surface area contributed by atoms with Gasteiger partial charge >= 0.3 is 0 Å². The Morgan fingerprint density at radius 3 is 2.43 bits per heavy atom. The summed E-state index contributed by atoms with van der Waals surface area (Å²) in [5.74, 6) is 0. The number of benzene rings is 1. The molecule has 1 unspecified atom stereocenters. The summed E-state index contributed by atoms with van der Waals surface area (Å²) in [6.07, 6.45) is 1.16. The van der Waals surface area contributed by atoms with Crippen LogP contribution in [0.4, 0.5) is 5.69 Å². The number of hydrogen-bond acceptors (Lipinski definition) is 3. The Labute approximate surface area is 138 Å². The molecule has 0 aliphatic carbocycles. The molecule has 21 heavy (non-hydrogen) atoms. The van der Waals surface area contributed by atoms with E-state index < -0.39 is 0 Å². The Morgan fingerprint density at radius 1 is 1.14 bits per heavy atom. The predicted molar refractivity (Wildman–Crippen MR) is 97.3 cm³/mol. The van der Waals surface area contributed by atoms with Crippen molar-refractivity contribution >= 4 is 21.6 Å². The highest BCUT2D eigenvalue weighted by Gasteiger charge is 2.15. The van der Waals surface area contributed by atoms with Gasteiger partial charge in [-0.15, -0.1) is 0 Å². The zero-order chi connectivity index (χ0) is 15.8. The van der Waals surface area contributed by atoms with Crippen LogP contribution in [-0.4, -0.2) is 45.2 Å². The second-order valence-corrected chi connectivity index (χ2v) is 6.69. The molecule has 0 aromatic heterocycles. The van der Waals surface area contributed by atoms with E-state index in [2.05, 4.69) is 84.1 Å². The van der Waals surface area contributed by atoms with E-state index >= 15 is 0 Å². The third-order valence-electron chi connectivity index (χ3n) is 3.62. The van der Waals surface area contributed by atoms with Gasteiger partial charge in [0.1, 0.15) is 0 Å². The normalized spacial score (nSPS) is 12.7. The first-order valence-corrected chi connectivity index (χ1v) is 8.71. The Morgan fingerprint density at radius 2 is 1.86 bits per heavy atom. The molecule has 4 heteroatoms. The second kappa shape index (κ2) is 9.44. The maximum atomic E-state index is 3.63. The molecule has 1 rings (SSSR count). The molecule has 120 valence electrons. The number of likely N-dealkylation sites (N-methyl/N-ethyl adjacent to an activating group) is 1. The summed E-state index contributed by atoms with van der Waals surface area (Å²) in [5.41, 5.74) is 2.73. The first-order chi connectivity index (χ1) is 9.99. The van der Waals surface area contributed by atoms with E-state index in [0.717, 1.165) is 37.1 Å². The summed E-state index contributed by atoms with van der Waals surface area (Å²) in [6, 6.07) is 7.01. The molecule has 0 spiro atoms. The fourth-order valence-corrected chi connectivity index (χ4v) is 2.87. The van der Waals surface area contributed by atoms with Crippen molar-refractivity contribution in [2.45, 2.75) is 33.2 Å². The zero-order valence-electron chi connectivity index (χ0n) is 14.1. The lowest BCUT2D eigenvalue weighted by atomic mass is 10.0. The molecule has 1 aromatic carbocycles. The van der Waals surface area contributed by atoms with Crippen molar-refractivity contribution in [1.29, 1.82) is 0 Å². The highest BCUT2D eigenvalue weighted by molar-refractivity contribution is 9.10. The van der Waals surface area contributed by atoms with Crippen molar-refractivity contribution in [3.63, 3.8) is 0 Å². The van der Waals surface area contributed by atoms with Crippen LogP contribution in [0, 0.1) is 0 Å². The molecule has 1 atom stereocenters. The number of rotatable bonds is 9. The number of anilines is 1. The van der Waals surface area contributed by atoms with Crippen molar-refractivity contribution in [3.05, 3.63) is 28.2 Å². The van der Waals surface area contributed by atoms with Crippen LogP contribution in [0.15, 0.2) is 22.7 Å². The molecule has 0 fully saturated rings. The van der Waals surface area contributed by atoms with Crippen LogP contribution in [0.3, 0.4) is 0 Å². The lowest BCUT2D eigenvalue weighted by Gasteiger charge is -2.30. The fourth-order valence-electron chi connectivity index (χ4n) is 2.52. The summed E-state index contributed by atoms with van der Waals surface area (Å²) in [7, 11) is 4.26. The summed E-state index contributed by atoms with van der Waals surface area (Å²) >= 11 is 3.63. The van der Waals surface area contributed by atoms with Crippen molar-refractivity contribution in [3.8, 4) is 0 Å². The Bertz CT molecular complexity index is 420. The monoisotopic (exact) mass is 355 g/mol. The lowest BCUT2D eigenvalue weighted by Crippen LogP contribution is -2.33. The van der Waals surface area contributed by atoms with Crippen LogP contribution in [0.5, 0.6) is 0 Å². The van der Waals surface area contributed by atoms with E-state index in [-0.39, 0.29) is 0 Å². The van der Waals surface area contributed by atoms with Gasteiger partial charge in [0.05, 0.1) is 0 Å². The lowest BCUT2D eigenvalue weighted by molar-refractivity contribution is 0.412. The Hall–Kier alpha value is -0.580. The second-order valence-electron chi connectivity index (χ2n) is 5.77. The summed E-state index contributed by atoms with van der Waals surface area (Å²) < 4.78 is 1.15. The van der Waals surface area contributed by atoms with Gasteiger partial charge in [-0.1, -0.05) is 35.8 Å². The smallest absolute Gasteiger partial charge is 0.0426 e. The molecule has 0 amide bonds. The fraction of sp³-hybridized carbons (Fsp3) is 0.647. The van der Waals surface area contributed by atoms with E-state index in [1.165, 1.54) is 11.3 Å². The van der Waals surface area contributed by atoms with E-state index in [0.29, 0.717) is 6.04 Å². The summed E-state index contributed by atoms with van der Waals surface area (Å²) in [6.45, 7) is 10.9. The van der Waals surface area contributed by atoms with Gasteiger partial charge in [0, 0.05) is 35.8 Å². The number of nitrogens with one attached hydrogen (secondary N) is 1. The molecular weight excluding hydrogens is 326 g/mol. The Kier molecular flexibility index (Phi) is 8.30. The summed E-state index contributed by atoms with van der Waals surface area (Å²) in [4.78, 5) is 4.75. The van der Waals surface area contributed by atoms with Crippen molar-refractivity contribution < 1.29 is 0 Å². The van der Waals surface area contributed by atoms with Gasteiger partial charge in [-0.05, 0) is 51.7 Å². The molecule has 0 aliphatic rings. The van der Waals surface area contributed by atoms with E-state index in [1.54, 1.807) is 0 Å². The number of halogens is 1. The molecule has 0 heterocycles. The van der Waals surface area contributed by atoms with Crippen LogP contribution >= 0.6 is 15.9 Å². The molecule has 0 radical (unpaired) electrons. The average molecular weight is 356 g/mol. The van der Waals surface area contributed by atoms with Crippen molar-refractivity contribution in [2.24, 2.45) is 0 Å². The maximum absolute atomic E-state index is 3.63. The largest absolute Gasteiger partial charge is 0.370 e. The van der Waals surface area contributed by atoms with Crippen LogP contribution in [0.25, 0.3) is 0 Å². The number of hydrogen-bond donors (Lipinski definition) is 1. The van der Waals surface area contributed by atoms with Crippen LogP contribution in [0.2, 0.25) is 0 Å². The third-order valence-corrected chi connectivity index (χ3v) is 4.11. The van der Waals surface area contributed by atoms with Crippen LogP contribution in [0.1, 0.15) is 38.8 Å². The minimum atomic E-state index is 0.372. The van der Waals surface area contributed by atoms with Crippen molar-refractivity contribution in [1.82, 2.24) is 10.2 Å². The van der Waals surface area contributed by atoms with Gasteiger partial charge in [0.25, 0.3) is 0 Å². The molecule has 0 bridgehead atoms. The van der Waals surface area contributed by atoms with Gasteiger partial charge in [-0.2, -0.15) is 0 Å². The molecular formula is C17H30BrN3. The molecule has 1 N–H and O–H groups in total. The molecule has 0 saturated heterocycles. The van der Waals surface area contributed by atoms with Crippen LogP contribution in [-0.2, 0) is 0 Å². The Balaban J connectivity index is 3.05. The molecule has 0 aliphatic heterocycles. The first-order valence-electron chi connectivity index (χ1n) is 7.92. The number of nitrogens with zero attached hydrogens (tertiary/aromatic N) is 2.